The molecule has 36 heavy (non-hydrogen) atoms. The quantitative estimate of drug-likeness (QED) is 0.243. The van der Waals surface area contributed by atoms with Gasteiger partial charge in [-0.05, 0) is 42.0 Å². The normalized spacial score (nSPS) is 11.3. The number of nitrogens with two attached hydrogens (primary N) is 1. The van der Waals surface area contributed by atoms with Gasteiger partial charge in [0.05, 0.1) is 24.9 Å². The number of nitrogens with one attached hydrogen (secondary N) is 2. The minimum absolute atomic E-state index is 0.0454. The molecule has 0 aliphatic carbocycles. The molecule has 4 aromatic rings. The topological polar surface area (TPSA) is 128 Å². The maximum atomic E-state index is 12.5. The molecular formula is C27H25N5O4. The van der Waals surface area contributed by atoms with E-state index in [1.54, 1.807) is 67.8 Å². The van der Waals surface area contributed by atoms with E-state index in [4.69, 9.17) is 15.2 Å². The van der Waals surface area contributed by atoms with Gasteiger partial charge in [0.25, 0.3) is 0 Å². The van der Waals surface area contributed by atoms with Crippen LogP contribution in [-0.4, -0.2) is 29.3 Å². The van der Waals surface area contributed by atoms with Gasteiger partial charge < -0.3 is 20.5 Å². The molecule has 9 heteroatoms. The number of amides is 2. The highest BCUT2D eigenvalue weighted by atomic mass is 16.5. The molecule has 1 atom stereocenters. The lowest BCUT2D eigenvalue weighted by molar-refractivity contribution is -0.134. The Balaban J connectivity index is 1.35. The second-order valence-electron chi connectivity index (χ2n) is 7.80. The maximum absolute atomic E-state index is 12.5. The molecule has 1 unspecified atom stereocenters. The summed E-state index contributed by atoms with van der Waals surface area (Å²) in [5.41, 5.74) is 8.86. The van der Waals surface area contributed by atoms with Crippen LogP contribution in [0.25, 0.3) is 11.3 Å². The Bertz CT molecular complexity index is 1310. The first-order chi connectivity index (χ1) is 17.5. The van der Waals surface area contributed by atoms with Crippen molar-refractivity contribution in [3.8, 4) is 22.8 Å². The third kappa shape index (κ3) is 6.43. The van der Waals surface area contributed by atoms with Gasteiger partial charge in [0.15, 0.2) is 11.6 Å². The van der Waals surface area contributed by atoms with E-state index < -0.39 is 18.0 Å². The molecule has 3 aromatic carbocycles. The van der Waals surface area contributed by atoms with Crippen molar-refractivity contribution in [1.29, 1.82) is 0 Å². The number of anilines is 2. The third-order valence-electron chi connectivity index (χ3n) is 5.27. The smallest absolute Gasteiger partial charge is 0.325 e. The van der Waals surface area contributed by atoms with Crippen molar-refractivity contribution in [2.24, 2.45) is 5.73 Å². The van der Waals surface area contributed by atoms with Crippen molar-refractivity contribution in [2.45, 2.75) is 12.5 Å². The van der Waals surface area contributed by atoms with E-state index in [1.807, 2.05) is 30.3 Å². The summed E-state index contributed by atoms with van der Waals surface area (Å²) in [4.78, 5) is 25.1. The number of esters is 1. The molecule has 2 amide bonds. The number of hydrogen-bond donors (Lipinski definition) is 3. The predicted molar refractivity (Wildman–Crippen MR) is 137 cm³/mol. The number of aromatic nitrogens is 2. The average molecular weight is 484 g/mol. The first kappa shape index (κ1) is 24.4. The van der Waals surface area contributed by atoms with Gasteiger partial charge in [-0.1, -0.05) is 54.6 Å². The van der Waals surface area contributed by atoms with Gasteiger partial charge >= 0.3 is 12.0 Å². The zero-order chi connectivity index (χ0) is 25.3. The van der Waals surface area contributed by atoms with E-state index in [0.29, 0.717) is 17.1 Å². The second kappa shape index (κ2) is 11.6. The van der Waals surface area contributed by atoms with Crippen molar-refractivity contribution in [3.63, 3.8) is 0 Å². The van der Waals surface area contributed by atoms with Crippen LogP contribution < -0.4 is 25.8 Å². The number of ether oxygens (including phenoxy) is 2. The molecule has 1 aromatic heterocycles. The van der Waals surface area contributed by atoms with Crippen LogP contribution in [0, 0.1) is 0 Å². The number of urea groups is 1. The number of benzene rings is 3. The monoisotopic (exact) mass is 483 g/mol. The molecule has 0 saturated carbocycles. The second-order valence-corrected chi connectivity index (χ2v) is 7.80. The van der Waals surface area contributed by atoms with Gasteiger partial charge in [0, 0.05) is 11.6 Å². The number of para-hydroxylation sites is 2. The highest BCUT2D eigenvalue weighted by molar-refractivity contribution is 6.00. The van der Waals surface area contributed by atoms with Crippen LogP contribution in [0.3, 0.4) is 0 Å². The zero-order valence-corrected chi connectivity index (χ0v) is 19.5. The van der Waals surface area contributed by atoms with Gasteiger partial charge in [-0.15, -0.1) is 10.2 Å². The van der Waals surface area contributed by atoms with Crippen LogP contribution in [0.5, 0.6) is 11.5 Å². The fourth-order valence-corrected chi connectivity index (χ4v) is 3.40. The molecule has 0 fully saturated rings. The molecule has 0 radical (unpaired) electrons. The molecule has 0 bridgehead atoms. The SMILES string of the molecule is COc1ccc(C(N)CC(=O)Oc2ccccc2NC(=O)Nc2ccc(-c3ccccc3)nn2)cc1. The lowest BCUT2D eigenvalue weighted by Gasteiger charge is -2.14. The number of methoxy groups -OCH3 is 1. The largest absolute Gasteiger partial charge is 0.497 e. The summed E-state index contributed by atoms with van der Waals surface area (Å²) >= 11 is 0. The van der Waals surface area contributed by atoms with Crippen LogP contribution in [0.15, 0.2) is 91.0 Å². The molecule has 4 N–H and O–H groups in total. The van der Waals surface area contributed by atoms with Gasteiger partial charge in [0.1, 0.15) is 5.75 Å². The summed E-state index contributed by atoms with van der Waals surface area (Å²) in [6.07, 6.45) is -0.0454. The fraction of sp³-hybridized carbons (Fsp3) is 0.111. The molecule has 0 saturated heterocycles. The number of nitrogens with zero attached hydrogens (tertiary/aromatic N) is 2. The first-order valence-electron chi connectivity index (χ1n) is 11.2. The highest BCUT2D eigenvalue weighted by Gasteiger charge is 2.16. The fourth-order valence-electron chi connectivity index (χ4n) is 3.40. The molecule has 4 rings (SSSR count). The highest BCUT2D eigenvalue weighted by Crippen LogP contribution is 2.26. The molecule has 9 nitrogen and oxygen atoms in total. The van der Waals surface area contributed by atoms with Gasteiger partial charge in [0.2, 0.25) is 0 Å². The summed E-state index contributed by atoms with van der Waals surface area (Å²) in [5.74, 6) is 0.637. The summed E-state index contributed by atoms with van der Waals surface area (Å²) in [6.45, 7) is 0. The van der Waals surface area contributed by atoms with Gasteiger partial charge in [-0.25, -0.2) is 4.79 Å². The number of rotatable bonds is 8. The van der Waals surface area contributed by atoms with Crippen LogP contribution in [0.4, 0.5) is 16.3 Å². The number of carbonyl (C=O) groups excluding carboxylic acids is 2. The Morgan fingerprint density at radius 2 is 1.58 bits per heavy atom. The van der Waals surface area contributed by atoms with Crippen molar-refractivity contribution in [2.75, 3.05) is 17.7 Å². The lowest BCUT2D eigenvalue weighted by atomic mass is 10.0. The van der Waals surface area contributed by atoms with E-state index in [2.05, 4.69) is 20.8 Å². The van der Waals surface area contributed by atoms with Crippen molar-refractivity contribution in [3.05, 3.63) is 96.6 Å². The first-order valence-corrected chi connectivity index (χ1v) is 11.2. The molecular weight excluding hydrogens is 458 g/mol. The van der Waals surface area contributed by atoms with Crippen molar-refractivity contribution >= 4 is 23.5 Å². The minimum Gasteiger partial charge on any atom is -0.497 e. The van der Waals surface area contributed by atoms with Gasteiger partial charge in [-0.3, -0.25) is 10.1 Å². The van der Waals surface area contributed by atoms with E-state index >= 15 is 0 Å². The summed E-state index contributed by atoms with van der Waals surface area (Å²) in [7, 11) is 1.58. The Morgan fingerprint density at radius 3 is 2.28 bits per heavy atom. The van der Waals surface area contributed by atoms with Crippen LogP contribution in [-0.2, 0) is 4.79 Å². The van der Waals surface area contributed by atoms with E-state index in [9.17, 15) is 9.59 Å². The zero-order valence-electron chi connectivity index (χ0n) is 19.5. The Labute approximate surface area is 208 Å². The Hall–Kier alpha value is -4.76. The Morgan fingerprint density at radius 1 is 0.861 bits per heavy atom. The minimum atomic E-state index is -0.560. The molecule has 0 spiro atoms. The molecule has 0 aliphatic heterocycles. The average Bonchev–Trinajstić information content (AvgIpc) is 2.90. The summed E-state index contributed by atoms with van der Waals surface area (Å²) in [5, 5.41) is 13.5. The van der Waals surface area contributed by atoms with E-state index in [1.165, 1.54) is 0 Å². The Kier molecular flexibility index (Phi) is 7.84. The van der Waals surface area contributed by atoms with E-state index in [0.717, 1.165) is 11.1 Å². The molecule has 1 heterocycles. The van der Waals surface area contributed by atoms with Crippen molar-refractivity contribution in [1.82, 2.24) is 10.2 Å². The van der Waals surface area contributed by atoms with Crippen LogP contribution in [0.1, 0.15) is 18.0 Å². The maximum Gasteiger partial charge on any atom is 0.325 e. The van der Waals surface area contributed by atoms with Crippen molar-refractivity contribution < 1.29 is 19.1 Å². The summed E-state index contributed by atoms with van der Waals surface area (Å²) in [6, 6.07) is 25.7. The van der Waals surface area contributed by atoms with E-state index in [-0.39, 0.29) is 18.0 Å². The number of hydrogen-bond acceptors (Lipinski definition) is 7. The number of carbonyl (C=O) groups is 2. The lowest BCUT2D eigenvalue weighted by Crippen LogP contribution is -2.22. The van der Waals surface area contributed by atoms with Gasteiger partial charge in [-0.2, -0.15) is 0 Å². The van der Waals surface area contributed by atoms with Crippen LogP contribution >= 0.6 is 0 Å². The summed E-state index contributed by atoms with van der Waals surface area (Å²) < 4.78 is 10.6. The third-order valence-corrected chi connectivity index (χ3v) is 5.27. The molecule has 182 valence electrons. The van der Waals surface area contributed by atoms with Crippen LogP contribution in [0.2, 0.25) is 0 Å². The standard InChI is InChI=1S/C27H25N5O4/c1-35-20-13-11-18(12-14-20)21(28)17-26(33)36-24-10-6-5-9-23(24)29-27(34)30-25-16-15-22(31-32-25)19-7-3-2-4-8-19/h2-16,21H,17,28H2,1H3,(H2,29,30,32,34). The molecule has 0 aliphatic rings. The predicted octanol–water partition coefficient (Wildman–Crippen LogP) is 4.79.